The minimum absolute atomic E-state index is 0.0435. The zero-order valence-electron chi connectivity index (χ0n) is 18.6. The molecule has 1 heterocycles. The number of nitrogens with one attached hydrogen (secondary N) is 2. The molecule has 180 valence electrons. The van der Waals surface area contributed by atoms with Crippen LogP contribution in [0.4, 0.5) is 11.4 Å². The number of anilines is 2. The van der Waals surface area contributed by atoms with Gasteiger partial charge in [0.2, 0.25) is 0 Å². The van der Waals surface area contributed by atoms with Crippen molar-refractivity contribution in [1.29, 1.82) is 0 Å². The van der Waals surface area contributed by atoms with Gasteiger partial charge < -0.3 is 19.2 Å². The second kappa shape index (κ2) is 10.2. The van der Waals surface area contributed by atoms with Crippen LogP contribution in [0.25, 0.3) is 0 Å². The Labute approximate surface area is 210 Å². The van der Waals surface area contributed by atoms with Gasteiger partial charge in [-0.15, -0.1) is 0 Å². The summed E-state index contributed by atoms with van der Waals surface area (Å²) in [5.74, 6) is -0.00196. The average molecular weight is 558 g/mol. The van der Waals surface area contributed by atoms with Crippen molar-refractivity contribution in [2.45, 2.75) is 11.8 Å². The number of nitrogens with zero attached hydrogens (tertiary/aromatic N) is 1. The van der Waals surface area contributed by atoms with Crippen LogP contribution in [0.1, 0.15) is 16.1 Å². The number of aryl methyl sites for hydroxylation is 1. The first-order valence-electron chi connectivity index (χ1n) is 10.2. The lowest BCUT2D eigenvalue weighted by molar-refractivity contribution is 0.102. The number of halogens is 1. The minimum Gasteiger partial charge on any atom is -0.495 e. The maximum absolute atomic E-state index is 13.2. The molecule has 1 aromatic heterocycles. The number of benzene rings is 3. The Morgan fingerprint density at radius 1 is 1.06 bits per heavy atom. The molecule has 0 unspecified atom stereocenters. The van der Waals surface area contributed by atoms with Crippen molar-refractivity contribution in [3.8, 4) is 17.6 Å². The first kappa shape index (κ1) is 24.3. The molecule has 0 radical (unpaired) electrons. The summed E-state index contributed by atoms with van der Waals surface area (Å²) in [6.07, 6.45) is 1.04. The number of oxazole rings is 1. The van der Waals surface area contributed by atoms with Crippen molar-refractivity contribution in [2.75, 3.05) is 17.1 Å². The van der Waals surface area contributed by atoms with Gasteiger partial charge in [-0.1, -0.05) is 24.3 Å². The molecule has 0 fully saturated rings. The van der Waals surface area contributed by atoms with Gasteiger partial charge in [0.1, 0.15) is 22.7 Å². The zero-order valence-corrected chi connectivity index (χ0v) is 21.0. The molecule has 4 aromatic rings. The highest BCUT2D eigenvalue weighted by atomic mass is 79.9. The van der Waals surface area contributed by atoms with Crippen LogP contribution < -0.4 is 19.5 Å². The highest BCUT2D eigenvalue weighted by Gasteiger charge is 2.23. The van der Waals surface area contributed by atoms with E-state index in [0.717, 1.165) is 11.8 Å². The molecule has 0 aliphatic heterocycles. The molecular formula is C24H20BrN3O6S. The summed E-state index contributed by atoms with van der Waals surface area (Å²) in [7, 11) is -2.70. The van der Waals surface area contributed by atoms with Crippen LogP contribution >= 0.6 is 15.9 Å². The van der Waals surface area contributed by atoms with Gasteiger partial charge in [-0.25, -0.2) is 8.42 Å². The molecule has 2 N–H and O–H groups in total. The molecule has 0 bridgehead atoms. The molecular weight excluding hydrogens is 538 g/mol. The summed E-state index contributed by atoms with van der Waals surface area (Å²) in [6.45, 7) is 1.85. The smallest absolute Gasteiger partial charge is 0.399 e. The molecule has 0 spiro atoms. The van der Waals surface area contributed by atoms with Gasteiger partial charge in [0.15, 0.2) is 5.69 Å². The van der Waals surface area contributed by atoms with Crippen LogP contribution in [0.3, 0.4) is 0 Å². The van der Waals surface area contributed by atoms with E-state index in [2.05, 4.69) is 31.0 Å². The maximum Gasteiger partial charge on any atom is 0.399 e. The number of aromatic nitrogens is 1. The van der Waals surface area contributed by atoms with E-state index >= 15 is 0 Å². The highest BCUT2D eigenvalue weighted by Crippen LogP contribution is 2.32. The molecule has 1 amide bonds. The summed E-state index contributed by atoms with van der Waals surface area (Å²) in [6, 6.07) is 18.4. The van der Waals surface area contributed by atoms with E-state index in [1.54, 1.807) is 36.4 Å². The lowest BCUT2D eigenvalue weighted by atomic mass is 10.2. The van der Waals surface area contributed by atoms with E-state index < -0.39 is 15.9 Å². The Morgan fingerprint density at radius 2 is 1.83 bits per heavy atom. The van der Waals surface area contributed by atoms with Crippen LogP contribution in [0.5, 0.6) is 17.6 Å². The Kier molecular flexibility index (Phi) is 7.08. The number of rotatable bonds is 8. The highest BCUT2D eigenvalue weighted by molar-refractivity contribution is 9.10. The van der Waals surface area contributed by atoms with Gasteiger partial charge >= 0.3 is 6.08 Å². The fourth-order valence-corrected chi connectivity index (χ4v) is 4.82. The standard InChI is InChI=1S/C24H20BrN3O6S/c1-15-8-10-18(25)19(12-15)28-35(30,31)22-13-16(9-11-21(22)32-2)26-23(29)20-14-33-24(27-20)34-17-6-4-3-5-7-17/h3-14,28H,1-2H3,(H,26,29). The molecule has 0 saturated heterocycles. The molecule has 0 aliphatic carbocycles. The van der Waals surface area contributed by atoms with Gasteiger partial charge in [-0.3, -0.25) is 9.52 Å². The molecule has 35 heavy (non-hydrogen) atoms. The minimum atomic E-state index is -4.06. The van der Waals surface area contributed by atoms with Crippen LogP contribution in [-0.4, -0.2) is 26.4 Å². The summed E-state index contributed by atoms with van der Waals surface area (Å²) >= 11 is 3.35. The number of sulfonamides is 1. The van der Waals surface area contributed by atoms with Crippen LogP contribution in [0.15, 0.2) is 86.8 Å². The number of carbonyl (C=O) groups excluding carboxylic acids is 1. The van der Waals surface area contributed by atoms with E-state index in [9.17, 15) is 13.2 Å². The van der Waals surface area contributed by atoms with Crippen molar-refractivity contribution in [3.05, 3.63) is 88.7 Å². The van der Waals surface area contributed by atoms with Crippen molar-refractivity contribution in [2.24, 2.45) is 0 Å². The predicted octanol–water partition coefficient (Wildman–Crippen LogP) is 5.60. The molecule has 9 nitrogen and oxygen atoms in total. The predicted molar refractivity (Wildman–Crippen MR) is 134 cm³/mol. The lowest BCUT2D eigenvalue weighted by Gasteiger charge is -2.14. The second-order valence-corrected chi connectivity index (χ2v) is 9.83. The van der Waals surface area contributed by atoms with Crippen molar-refractivity contribution >= 4 is 43.2 Å². The summed E-state index contributed by atoms with van der Waals surface area (Å²) in [5, 5.41) is 2.61. The molecule has 0 saturated carbocycles. The molecule has 3 aromatic carbocycles. The van der Waals surface area contributed by atoms with Gasteiger partial charge in [-0.05, 0) is 70.9 Å². The number of hydrogen-bond acceptors (Lipinski definition) is 7. The molecule has 11 heteroatoms. The number of ether oxygens (including phenoxy) is 2. The molecule has 4 rings (SSSR count). The summed E-state index contributed by atoms with van der Waals surface area (Å²) < 4.78 is 45.4. The third-order valence-electron chi connectivity index (χ3n) is 4.74. The Balaban J connectivity index is 1.55. The number of amides is 1. The van der Waals surface area contributed by atoms with Crippen LogP contribution in [-0.2, 0) is 10.0 Å². The third-order valence-corrected chi connectivity index (χ3v) is 6.82. The number of methoxy groups -OCH3 is 1. The van der Waals surface area contributed by atoms with Gasteiger partial charge in [0, 0.05) is 10.2 Å². The van der Waals surface area contributed by atoms with Crippen molar-refractivity contribution < 1.29 is 27.1 Å². The SMILES string of the molecule is COc1ccc(NC(=O)c2coc(Oc3ccccc3)n2)cc1S(=O)(=O)Nc1cc(C)ccc1Br. The van der Waals surface area contributed by atoms with E-state index in [-0.39, 0.29) is 28.1 Å². The fraction of sp³-hybridized carbons (Fsp3) is 0.0833. The van der Waals surface area contributed by atoms with Gasteiger partial charge in [0.25, 0.3) is 15.9 Å². The quantitative estimate of drug-likeness (QED) is 0.289. The van der Waals surface area contributed by atoms with Gasteiger partial charge in [0.05, 0.1) is 12.8 Å². The lowest BCUT2D eigenvalue weighted by Crippen LogP contribution is -2.16. The third kappa shape index (κ3) is 5.81. The van der Waals surface area contributed by atoms with E-state index in [0.29, 0.717) is 15.9 Å². The average Bonchev–Trinajstić information content (AvgIpc) is 3.30. The van der Waals surface area contributed by atoms with Crippen LogP contribution in [0, 0.1) is 6.92 Å². The van der Waals surface area contributed by atoms with Gasteiger partial charge in [-0.2, -0.15) is 4.98 Å². The normalized spacial score (nSPS) is 11.1. The molecule has 0 aliphatic rings. The largest absolute Gasteiger partial charge is 0.495 e. The Bertz CT molecular complexity index is 1470. The van der Waals surface area contributed by atoms with E-state index in [1.807, 2.05) is 19.1 Å². The van der Waals surface area contributed by atoms with Crippen molar-refractivity contribution in [3.63, 3.8) is 0 Å². The first-order chi connectivity index (χ1) is 16.7. The zero-order chi connectivity index (χ0) is 25.0. The maximum atomic E-state index is 13.2. The fourth-order valence-electron chi connectivity index (χ4n) is 3.07. The first-order valence-corrected chi connectivity index (χ1v) is 12.5. The topological polar surface area (TPSA) is 120 Å². The number of hydrogen-bond donors (Lipinski definition) is 2. The Morgan fingerprint density at radius 3 is 2.57 bits per heavy atom. The number of para-hydroxylation sites is 1. The monoisotopic (exact) mass is 557 g/mol. The van der Waals surface area contributed by atoms with Crippen LogP contribution in [0.2, 0.25) is 0 Å². The van der Waals surface area contributed by atoms with E-state index in [4.69, 9.17) is 13.9 Å². The van der Waals surface area contributed by atoms with Crippen molar-refractivity contribution in [1.82, 2.24) is 4.98 Å². The Hall–Kier alpha value is -3.83. The molecule has 0 atom stereocenters. The summed E-state index contributed by atoms with van der Waals surface area (Å²) in [5.41, 5.74) is 1.42. The summed E-state index contributed by atoms with van der Waals surface area (Å²) in [4.78, 5) is 16.5. The second-order valence-electron chi connectivity index (χ2n) is 7.32. The number of carbonyl (C=O) groups is 1. The van der Waals surface area contributed by atoms with E-state index in [1.165, 1.54) is 25.3 Å².